The van der Waals surface area contributed by atoms with Crippen LogP contribution < -0.4 is 0 Å². The molecule has 190 valence electrons. The van der Waals surface area contributed by atoms with Crippen LogP contribution in [0.4, 0.5) is 0 Å². The Morgan fingerprint density at radius 1 is 0.341 bits per heavy atom. The zero-order chi connectivity index (χ0) is 26.7. The van der Waals surface area contributed by atoms with E-state index in [1.54, 1.807) is 0 Å². The standard InChI is InChI=1S/C38H23N3/c1-3-11-24(12-4-1)40-32-18-10-8-16-27(32)35-34(40)20-19-33-36(35)30-23-29-26-15-7-9-17-31(26)41(25-13-5-2-6-14-25)38(29)28-21-22-39(33)37(28)30/h1-23H. The van der Waals surface area contributed by atoms with Crippen molar-refractivity contribution in [1.82, 2.24) is 13.5 Å². The molecule has 0 unspecified atom stereocenters. The zero-order valence-electron chi connectivity index (χ0n) is 22.1. The van der Waals surface area contributed by atoms with Crippen LogP contribution in [0, 0.1) is 0 Å². The van der Waals surface area contributed by atoms with Crippen LogP contribution in [0.1, 0.15) is 0 Å². The summed E-state index contributed by atoms with van der Waals surface area (Å²) in [6, 6.07) is 48.5. The van der Waals surface area contributed by atoms with Crippen LogP contribution in [0.15, 0.2) is 140 Å². The molecule has 0 spiro atoms. The van der Waals surface area contributed by atoms with Crippen LogP contribution in [0.5, 0.6) is 0 Å². The maximum atomic E-state index is 2.45. The van der Waals surface area contributed by atoms with Crippen LogP contribution in [0.2, 0.25) is 0 Å². The molecule has 4 aromatic heterocycles. The lowest BCUT2D eigenvalue weighted by Crippen LogP contribution is -1.93. The van der Waals surface area contributed by atoms with Crippen molar-refractivity contribution in [3.63, 3.8) is 0 Å². The van der Waals surface area contributed by atoms with Gasteiger partial charge in [0.2, 0.25) is 0 Å². The highest BCUT2D eigenvalue weighted by Gasteiger charge is 2.23. The third kappa shape index (κ3) is 2.59. The first-order valence-corrected chi connectivity index (χ1v) is 14.1. The van der Waals surface area contributed by atoms with Gasteiger partial charge in [0.25, 0.3) is 0 Å². The van der Waals surface area contributed by atoms with Gasteiger partial charge in [-0.1, -0.05) is 72.8 Å². The van der Waals surface area contributed by atoms with Gasteiger partial charge in [0.05, 0.1) is 33.1 Å². The molecule has 0 radical (unpaired) electrons. The molecule has 4 heterocycles. The molecule has 0 atom stereocenters. The summed E-state index contributed by atoms with van der Waals surface area (Å²) >= 11 is 0. The second kappa shape index (κ2) is 7.56. The second-order valence-corrected chi connectivity index (χ2v) is 11.0. The molecule has 0 N–H and O–H groups in total. The predicted molar refractivity (Wildman–Crippen MR) is 172 cm³/mol. The number of benzene rings is 6. The van der Waals surface area contributed by atoms with Crippen molar-refractivity contribution in [3.05, 3.63) is 140 Å². The Morgan fingerprint density at radius 2 is 0.927 bits per heavy atom. The number of hydrogen-bond donors (Lipinski definition) is 0. The fourth-order valence-corrected chi connectivity index (χ4v) is 7.40. The second-order valence-electron chi connectivity index (χ2n) is 11.0. The van der Waals surface area contributed by atoms with E-state index in [0.29, 0.717) is 0 Å². The summed E-state index contributed by atoms with van der Waals surface area (Å²) in [5.41, 5.74) is 9.88. The van der Waals surface area contributed by atoms with E-state index in [-0.39, 0.29) is 0 Å². The first-order valence-electron chi connectivity index (χ1n) is 14.1. The van der Waals surface area contributed by atoms with E-state index < -0.39 is 0 Å². The van der Waals surface area contributed by atoms with Gasteiger partial charge in [-0.15, -0.1) is 0 Å². The van der Waals surface area contributed by atoms with Crippen molar-refractivity contribution >= 4 is 70.8 Å². The Balaban J connectivity index is 1.45. The molecular weight excluding hydrogens is 498 g/mol. The Kier molecular flexibility index (Phi) is 3.93. The van der Waals surface area contributed by atoms with Gasteiger partial charge in [0.1, 0.15) is 0 Å². The summed E-state index contributed by atoms with van der Waals surface area (Å²) in [7, 11) is 0. The van der Waals surface area contributed by atoms with Gasteiger partial charge in [0, 0.05) is 55.3 Å². The molecule has 0 bridgehead atoms. The number of para-hydroxylation sites is 4. The normalized spacial score (nSPS) is 12.4. The summed E-state index contributed by atoms with van der Waals surface area (Å²) in [6.45, 7) is 0. The number of fused-ring (bicyclic) bond motifs is 11. The average Bonchev–Trinajstić information content (AvgIpc) is 3.78. The molecule has 0 saturated heterocycles. The summed E-state index contributed by atoms with van der Waals surface area (Å²) in [6.07, 6.45) is 2.26. The highest BCUT2D eigenvalue weighted by molar-refractivity contribution is 6.34. The van der Waals surface area contributed by atoms with Gasteiger partial charge >= 0.3 is 0 Å². The minimum absolute atomic E-state index is 1.18. The monoisotopic (exact) mass is 521 g/mol. The van der Waals surface area contributed by atoms with Gasteiger partial charge < -0.3 is 13.5 Å². The Labute approximate surface area is 235 Å². The lowest BCUT2D eigenvalue weighted by molar-refractivity contribution is 1.18. The van der Waals surface area contributed by atoms with E-state index in [4.69, 9.17) is 0 Å². The van der Waals surface area contributed by atoms with Crippen molar-refractivity contribution in [1.29, 1.82) is 0 Å². The van der Waals surface area contributed by atoms with E-state index in [1.165, 1.54) is 82.2 Å². The highest BCUT2D eigenvalue weighted by atomic mass is 15.0. The van der Waals surface area contributed by atoms with Gasteiger partial charge in [0.15, 0.2) is 0 Å². The molecular formula is C38H23N3. The van der Waals surface area contributed by atoms with Crippen molar-refractivity contribution in [2.24, 2.45) is 0 Å². The number of aromatic nitrogens is 3. The smallest absolute Gasteiger partial charge is 0.0635 e. The van der Waals surface area contributed by atoms with Gasteiger partial charge in [-0.3, -0.25) is 0 Å². The van der Waals surface area contributed by atoms with E-state index in [9.17, 15) is 0 Å². The average molecular weight is 522 g/mol. The lowest BCUT2D eigenvalue weighted by atomic mass is 10.0. The molecule has 0 amide bonds. The van der Waals surface area contributed by atoms with E-state index in [1.807, 2.05) is 0 Å². The molecule has 0 aliphatic heterocycles. The number of hydrogen-bond acceptors (Lipinski definition) is 0. The predicted octanol–water partition coefficient (Wildman–Crippen LogP) is 9.88. The zero-order valence-corrected chi connectivity index (χ0v) is 22.1. The molecule has 10 aromatic rings. The van der Waals surface area contributed by atoms with Crippen LogP contribution in [-0.4, -0.2) is 13.5 Å². The van der Waals surface area contributed by atoms with Gasteiger partial charge in [-0.05, 0) is 60.7 Å². The van der Waals surface area contributed by atoms with Crippen molar-refractivity contribution in [2.75, 3.05) is 0 Å². The number of rotatable bonds is 2. The van der Waals surface area contributed by atoms with Crippen LogP contribution in [0.3, 0.4) is 0 Å². The van der Waals surface area contributed by atoms with E-state index in [0.717, 1.165) is 0 Å². The molecule has 10 rings (SSSR count). The van der Waals surface area contributed by atoms with Gasteiger partial charge in [-0.25, -0.2) is 0 Å². The Hall–Kier alpha value is -5.54. The van der Waals surface area contributed by atoms with Crippen LogP contribution in [-0.2, 0) is 0 Å². The SMILES string of the molecule is c1ccc(-n2c3ccccc3c3c4c5cc6c7ccccc7n(-c7ccccc7)c6c6ccn(c4ccc32)c56)cc1. The third-order valence-corrected chi connectivity index (χ3v) is 8.97. The quantitative estimate of drug-likeness (QED) is 0.215. The highest BCUT2D eigenvalue weighted by Crippen LogP contribution is 2.46. The Morgan fingerprint density at radius 3 is 1.68 bits per heavy atom. The van der Waals surface area contributed by atoms with Crippen molar-refractivity contribution < 1.29 is 0 Å². The molecule has 0 aliphatic carbocycles. The summed E-state index contributed by atoms with van der Waals surface area (Å²) in [4.78, 5) is 0. The van der Waals surface area contributed by atoms with Crippen LogP contribution in [0.25, 0.3) is 82.2 Å². The molecule has 0 fully saturated rings. The maximum Gasteiger partial charge on any atom is 0.0635 e. The summed E-state index contributed by atoms with van der Waals surface area (Å²) in [5.74, 6) is 0. The first-order chi connectivity index (χ1) is 20.4. The third-order valence-electron chi connectivity index (χ3n) is 8.97. The topological polar surface area (TPSA) is 14.3 Å². The largest absolute Gasteiger partial charge is 0.315 e. The van der Waals surface area contributed by atoms with E-state index in [2.05, 4.69) is 153 Å². The van der Waals surface area contributed by atoms with Crippen LogP contribution >= 0.6 is 0 Å². The van der Waals surface area contributed by atoms with E-state index >= 15 is 0 Å². The lowest BCUT2D eigenvalue weighted by Gasteiger charge is -2.08. The molecule has 41 heavy (non-hydrogen) atoms. The summed E-state index contributed by atoms with van der Waals surface area (Å²) < 4.78 is 7.25. The van der Waals surface area contributed by atoms with Crippen molar-refractivity contribution in [2.45, 2.75) is 0 Å². The maximum absolute atomic E-state index is 2.45. The molecule has 3 heteroatoms. The molecule has 0 saturated carbocycles. The van der Waals surface area contributed by atoms with Gasteiger partial charge in [-0.2, -0.15) is 0 Å². The molecule has 6 aromatic carbocycles. The first kappa shape index (κ1) is 21.3. The van der Waals surface area contributed by atoms with Crippen molar-refractivity contribution in [3.8, 4) is 11.4 Å². The molecule has 3 nitrogen and oxygen atoms in total. The minimum atomic E-state index is 1.18. The fourth-order valence-electron chi connectivity index (χ4n) is 7.40. The fraction of sp³-hybridized carbons (Fsp3) is 0. The minimum Gasteiger partial charge on any atom is -0.315 e. The number of nitrogens with zero attached hydrogens (tertiary/aromatic N) is 3. The summed E-state index contributed by atoms with van der Waals surface area (Å²) in [5, 5.41) is 9.10. The Bertz CT molecular complexity index is 2610. The molecule has 0 aliphatic rings.